The van der Waals surface area contributed by atoms with E-state index < -0.39 is 4.92 Å². The van der Waals surface area contributed by atoms with Crippen molar-refractivity contribution in [2.75, 3.05) is 7.11 Å². The van der Waals surface area contributed by atoms with Crippen molar-refractivity contribution in [1.29, 1.82) is 0 Å². The molecule has 0 bridgehead atoms. The summed E-state index contributed by atoms with van der Waals surface area (Å²) >= 11 is 0. The predicted octanol–water partition coefficient (Wildman–Crippen LogP) is 2.73. The Morgan fingerprint density at radius 1 is 1.21 bits per heavy atom. The molecule has 0 heterocycles. The number of rotatable bonds is 4. The fraction of sp³-hybridized carbons (Fsp3) is 0.143. The third-order valence-corrected chi connectivity index (χ3v) is 2.89. The van der Waals surface area contributed by atoms with E-state index in [4.69, 9.17) is 10.5 Å². The summed E-state index contributed by atoms with van der Waals surface area (Å²) in [5.41, 5.74) is 8.15. The van der Waals surface area contributed by atoms with Crippen molar-refractivity contribution in [2.45, 2.75) is 6.54 Å². The number of hydrogen-bond acceptors (Lipinski definition) is 4. The first-order valence-corrected chi connectivity index (χ1v) is 5.77. The van der Waals surface area contributed by atoms with Gasteiger partial charge in [-0.3, -0.25) is 10.1 Å². The van der Waals surface area contributed by atoms with Crippen LogP contribution in [-0.4, -0.2) is 12.0 Å². The summed E-state index contributed by atoms with van der Waals surface area (Å²) in [6, 6.07) is 12.1. The number of nitrogens with two attached hydrogens (primary N) is 1. The van der Waals surface area contributed by atoms with E-state index in [1.54, 1.807) is 13.2 Å². The van der Waals surface area contributed by atoms with Crippen molar-refractivity contribution in [3.05, 3.63) is 58.1 Å². The Morgan fingerprint density at radius 2 is 1.89 bits per heavy atom. The minimum Gasteiger partial charge on any atom is -0.496 e. The Labute approximate surface area is 110 Å². The van der Waals surface area contributed by atoms with Gasteiger partial charge in [-0.15, -0.1) is 0 Å². The second-order valence-electron chi connectivity index (χ2n) is 4.04. The zero-order valence-electron chi connectivity index (χ0n) is 10.5. The Balaban J connectivity index is 2.51. The number of nitrogens with zero attached hydrogens (tertiary/aromatic N) is 1. The van der Waals surface area contributed by atoms with E-state index in [0.717, 1.165) is 11.1 Å². The van der Waals surface area contributed by atoms with Gasteiger partial charge in [0.15, 0.2) is 0 Å². The van der Waals surface area contributed by atoms with Crippen molar-refractivity contribution in [1.82, 2.24) is 0 Å². The van der Waals surface area contributed by atoms with Gasteiger partial charge in [0.05, 0.1) is 12.0 Å². The molecule has 0 saturated heterocycles. The Morgan fingerprint density at radius 3 is 2.42 bits per heavy atom. The van der Waals surface area contributed by atoms with E-state index >= 15 is 0 Å². The highest BCUT2D eigenvalue weighted by molar-refractivity contribution is 5.73. The first-order valence-electron chi connectivity index (χ1n) is 5.77. The molecule has 0 atom stereocenters. The Kier molecular flexibility index (Phi) is 3.77. The average Bonchev–Trinajstić information content (AvgIpc) is 2.46. The maximum Gasteiger partial charge on any atom is 0.270 e. The van der Waals surface area contributed by atoms with Crippen LogP contribution in [0.2, 0.25) is 0 Å². The fourth-order valence-corrected chi connectivity index (χ4v) is 1.86. The maximum absolute atomic E-state index is 10.8. The molecule has 5 heteroatoms. The molecule has 5 nitrogen and oxygen atoms in total. The second kappa shape index (κ2) is 5.49. The lowest BCUT2D eigenvalue weighted by atomic mass is 10.0. The number of benzene rings is 2. The van der Waals surface area contributed by atoms with E-state index in [9.17, 15) is 10.1 Å². The smallest absolute Gasteiger partial charge is 0.270 e. The van der Waals surface area contributed by atoms with E-state index in [0.29, 0.717) is 17.9 Å². The summed E-state index contributed by atoms with van der Waals surface area (Å²) in [6.07, 6.45) is 0. The van der Waals surface area contributed by atoms with Gasteiger partial charge < -0.3 is 10.5 Å². The van der Waals surface area contributed by atoms with Crippen molar-refractivity contribution >= 4 is 5.69 Å². The highest BCUT2D eigenvalue weighted by Gasteiger charge is 2.12. The van der Waals surface area contributed by atoms with Crippen LogP contribution in [0.1, 0.15) is 5.56 Å². The highest BCUT2D eigenvalue weighted by Crippen LogP contribution is 2.33. The zero-order valence-corrected chi connectivity index (χ0v) is 10.5. The Hall–Kier alpha value is -2.40. The van der Waals surface area contributed by atoms with Gasteiger partial charge in [-0.25, -0.2) is 0 Å². The van der Waals surface area contributed by atoms with Crippen molar-refractivity contribution in [3.63, 3.8) is 0 Å². The van der Waals surface area contributed by atoms with Crippen LogP contribution in [0.5, 0.6) is 5.75 Å². The van der Waals surface area contributed by atoms with Crippen LogP contribution >= 0.6 is 0 Å². The summed E-state index contributed by atoms with van der Waals surface area (Å²) in [4.78, 5) is 10.4. The summed E-state index contributed by atoms with van der Waals surface area (Å²) in [7, 11) is 1.54. The normalized spacial score (nSPS) is 10.2. The van der Waals surface area contributed by atoms with Crippen LogP contribution in [0.4, 0.5) is 5.69 Å². The molecule has 2 aromatic carbocycles. The summed E-state index contributed by atoms with van der Waals surface area (Å²) in [5, 5.41) is 10.8. The summed E-state index contributed by atoms with van der Waals surface area (Å²) in [5.74, 6) is 0.603. The van der Waals surface area contributed by atoms with Gasteiger partial charge >= 0.3 is 0 Å². The third-order valence-electron chi connectivity index (χ3n) is 2.89. The number of methoxy groups -OCH3 is 1. The largest absolute Gasteiger partial charge is 0.496 e. The number of hydrogen-bond donors (Lipinski definition) is 1. The molecule has 2 rings (SSSR count). The molecule has 0 aliphatic heterocycles. The molecule has 98 valence electrons. The lowest BCUT2D eigenvalue weighted by Gasteiger charge is -2.09. The topological polar surface area (TPSA) is 78.4 Å². The van der Waals surface area contributed by atoms with E-state index in [-0.39, 0.29) is 5.69 Å². The lowest BCUT2D eigenvalue weighted by Crippen LogP contribution is -1.96. The molecule has 0 radical (unpaired) electrons. The van der Waals surface area contributed by atoms with Gasteiger partial charge in [0.2, 0.25) is 0 Å². The molecule has 0 spiro atoms. The van der Waals surface area contributed by atoms with Gasteiger partial charge in [-0.05, 0) is 17.2 Å². The molecular formula is C14H14N2O3. The van der Waals surface area contributed by atoms with Gasteiger partial charge in [-0.2, -0.15) is 0 Å². The van der Waals surface area contributed by atoms with Crippen molar-refractivity contribution < 1.29 is 9.66 Å². The van der Waals surface area contributed by atoms with Crippen molar-refractivity contribution in [3.8, 4) is 16.9 Å². The number of non-ortho nitro benzene ring substituents is 1. The number of ether oxygens (including phenoxy) is 1. The number of nitro groups is 1. The third kappa shape index (κ3) is 2.71. The van der Waals surface area contributed by atoms with Crippen molar-refractivity contribution in [2.24, 2.45) is 5.73 Å². The molecule has 0 aromatic heterocycles. The highest BCUT2D eigenvalue weighted by atomic mass is 16.6. The summed E-state index contributed by atoms with van der Waals surface area (Å²) < 4.78 is 5.24. The molecule has 0 aliphatic rings. The molecule has 0 aliphatic carbocycles. The standard InChI is InChI=1S/C14H14N2O3/c1-19-14-7-6-12(16(17)18)8-13(14)11-4-2-10(9-15)3-5-11/h2-8H,9,15H2,1H3. The minimum atomic E-state index is -0.419. The molecule has 2 aromatic rings. The van der Waals surface area contributed by atoms with E-state index in [1.807, 2.05) is 24.3 Å². The maximum atomic E-state index is 10.8. The van der Waals surface area contributed by atoms with Crippen LogP contribution < -0.4 is 10.5 Å². The minimum absolute atomic E-state index is 0.0405. The van der Waals surface area contributed by atoms with Crippen LogP contribution in [0.25, 0.3) is 11.1 Å². The van der Waals surface area contributed by atoms with E-state index in [2.05, 4.69) is 0 Å². The molecule has 2 N–H and O–H groups in total. The quantitative estimate of drug-likeness (QED) is 0.675. The van der Waals surface area contributed by atoms with Crippen LogP contribution in [0, 0.1) is 10.1 Å². The van der Waals surface area contributed by atoms with Gasteiger partial charge in [0.1, 0.15) is 5.75 Å². The lowest BCUT2D eigenvalue weighted by molar-refractivity contribution is -0.384. The predicted molar refractivity (Wildman–Crippen MR) is 73.0 cm³/mol. The van der Waals surface area contributed by atoms with Crippen LogP contribution in [0.15, 0.2) is 42.5 Å². The zero-order chi connectivity index (χ0) is 13.8. The molecule has 19 heavy (non-hydrogen) atoms. The second-order valence-corrected chi connectivity index (χ2v) is 4.04. The van der Waals surface area contributed by atoms with Gasteiger partial charge in [0.25, 0.3) is 5.69 Å². The molecule has 0 amide bonds. The molecular weight excluding hydrogens is 244 g/mol. The van der Waals surface area contributed by atoms with Gasteiger partial charge in [-0.1, -0.05) is 24.3 Å². The SMILES string of the molecule is COc1ccc([N+](=O)[O-])cc1-c1ccc(CN)cc1. The molecule has 0 fully saturated rings. The van der Waals surface area contributed by atoms with Crippen LogP contribution in [0.3, 0.4) is 0 Å². The monoisotopic (exact) mass is 258 g/mol. The molecule has 0 saturated carbocycles. The summed E-state index contributed by atoms with van der Waals surface area (Å²) in [6.45, 7) is 0.465. The first kappa shape index (κ1) is 13.0. The van der Waals surface area contributed by atoms with Gasteiger partial charge in [0, 0.05) is 24.2 Å². The molecule has 0 unspecified atom stereocenters. The average molecular weight is 258 g/mol. The van der Waals surface area contributed by atoms with E-state index in [1.165, 1.54) is 12.1 Å². The van der Waals surface area contributed by atoms with Crippen LogP contribution in [-0.2, 0) is 6.54 Å². The first-order chi connectivity index (χ1) is 9.15. The number of nitro benzene ring substituents is 1. The Bertz CT molecular complexity index is 594. The fourth-order valence-electron chi connectivity index (χ4n) is 1.86.